The van der Waals surface area contributed by atoms with E-state index in [0.29, 0.717) is 6.54 Å². The molecule has 8 nitrogen and oxygen atoms in total. The van der Waals surface area contributed by atoms with Crippen molar-refractivity contribution in [1.29, 1.82) is 0 Å². The minimum Gasteiger partial charge on any atom is -0.494 e. The summed E-state index contributed by atoms with van der Waals surface area (Å²) in [5.41, 5.74) is 1.59. The summed E-state index contributed by atoms with van der Waals surface area (Å²) >= 11 is 0. The smallest absolute Gasteiger partial charge is 0.322 e. The van der Waals surface area contributed by atoms with Crippen molar-refractivity contribution in [2.75, 3.05) is 13.2 Å². The molecule has 3 N–H and O–H groups in total. The largest absolute Gasteiger partial charge is 0.494 e. The molecule has 8 heteroatoms. The Morgan fingerprint density at radius 1 is 1.17 bits per heavy atom. The van der Waals surface area contributed by atoms with Gasteiger partial charge in [0.2, 0.25) is 5.88 Å². The van der Waals surface area contributed by atoms with Crippen molar-refractivity contribution in [1.82, 2.24) is 15.1 Å². The molecule has 1 aliphatic heterocycles. The fourth-order valence-electron chi connectivity index (χ4n) is 3.95. The minimum atomic E-state index is -1.22. The second-order valence-electron chi connectivity index (χ2n) is 7.61. The highest BCUT2D eigenvalue weighted by molar-refractivity contribution is 6.19. The number of amides is 2. The first-order chi connectivity index (χ1) is 13.9. The van der Waals surface area contributed by atoms with E-state index in [1.807, 2.05) is 31.2 Å². The van der Waals surface area contributed by atoms with E-state index in [0.717, 1.165) is 43.2 Å². The van der Waals surface area contributed by atoms with Crippen molar-refractivity contribution in [3.05, 3.63) is 46.8 Å². The van der Waals surface area contributed by atoms with Gasteiger partial charge in [-0.25, -0.2) is 0 Å². The van der Waals surface area contributed by atoms with Crippen molar-refractivity contribution in [2.45, 2.75) is 51.6 Å². The molecule has 29 heavy (non-hydrogen) atoms. The SMILES string of the molecule is Cc1ccccc1CN1CN(C2CCCCC2)C(O)=C(C(=O)NCC(=O)O)C1=O. The second-order valence-corrected chi connectivity index (χ2v) is 7.61. The number of carbonyl (C=O) groups excluding carboxylic acids is 2. The third-order valence-corrected chi connectivity index (χ3v) is 5.58. The molecule has 1 aromatic carbocycles. The Morgan fingerprint density at radius 2 is 1.86 bits per heavy atom. The number of aryl methyl sites for hydroxylation is 1. The van der Waals surface area contributed by atoms with Crippen LogP contribution in [0.1, 0.15) is 43.2 Å². The summed E-state index contributed by atoms with van der Waals surface area (Å²) in [6.07, 6.45) is 4.94. The van der Waals surface area contributed by atoms with Crippen molar-refractivity contribution in [3.8, 4) is 0 Å². The van der Waals surface area contributed by atoms with Gasteiger partial charge < -0.3 is 25.3 Å². The Hall–Kier alpha value is -3.03. The Balaban J connectivity index is 1.91. The first kappa shape index (κ1) is 20.7. The standard InChI is InChI=1S/C21H27N3O5/c1-14-7-5-6-8-15(14)12-23-13-24(16-9-3-2-4-10-16)21(29)18(20(23)28)19(27)22-11-17(25)26/h5-8,16,29H,2-4,9-13H2,1H3,(H,22,27)(H,25,26). The van der Waals surface area contributed by atoms with Crippen molar-refractivity contribution in [2.24, 2.45) is 0 Å². The number of hydrogen-bond acceptors (Lipinski definition) is 5. The van der Waals surface area contributed by atoms with Crippen LogP contribution in [-0.4, -0.2) is 57.1 Å². The molecule has 2 amide bonds. The van der Waals surface area contributed by atoms with Crippen LogP contribution in [0.4, 0.5) is 0 Å². The van der Waals surface area contributed by atoms with Gasteiger partial charge in [0.05, 0.1) is 6.67 Å². The lowest BCUT2D eigenvalue weighted by atomic mass is 9.93. The Labute approximate surface area is 169 Å². The van der Waals surface area contributed by atoms with Gasteiger partial charge in [-0.3, -0.25) is 14.4 Å². The quantitative estimate of drug-likeness (QED) is 0.628. The number of carbonyl (C=O) groups is 3. The van der Waals surface area contributed by atoms with Crippen molar-refractivity contribution >= 4 is 17.8 Å². The lowest BCUT2D eigenvalue weighted by Crippen LogP contribution is -2.53. The predicted octanol–water partition coefficient (Wildman–Crippen LogP) is 1.90. The van der Waals surface area contributed by atoms with E-state index in [4.69, 9.17) is 5.11 Å². The van der Waals surface area contributed by atoms with E-state index in [2.05, 4.69) is 5.32 Å². The summed E-state index contributed by atoms with van der Waals surface area (Å²) in [6, 6.07) is 7.73. The molecule has 3 rings (SSSR count). The molecular weight excluding hydrogens is 374 g/mol. The molecule has 1 aromatic rings. The van der Waals surface area contributed by atoms with Crippen LogP contribution in [0.15, 0.2) is 35.7 Å². The average Bonchev–Trinajstić information content (AvgIpc) is 2.70. The number of aliphatic hydroxyl groups is 1. The van der Waals surface area contributed by atoms with Gasteiger partial charge >= 0.3 is 5.97 Å². The highest BCUT2D eigenvalue weighted by Crippen LogP contribution is 2.30. The fourth-order valence-corrected chi connectivity index (χ4v) is 3.95. The van der Waals surface area contributed by atoms with Gasteiger partial charge in [0, 0.05) is 12.6 Å². The molecule has 1 saturated carbocycles. The summed E-state index contributed by atoms with van der Waals surface area (Å²) in [5, 5.41) is 21.8. The number of aliphatic carboxylic acids is 1. The highest BCUT2D eigenvalue weighted by Gasteiger charge is 2.39. The van der Waals surface area contributed by atoms with Crippen molar-refractivity contribution in [3.63, 3.8) is 0 Å². The minimum absolute atomic E-state index is 0.0403. The van der Waals surface area contributed by atoms with Crippen LogP contribution in [0.3, 0.4) is 0 Å². The highest BCUT2D eigenvalue weighted by atomic mass is 16.4. The van der Waals surface area contributed by atoms with Crippen LogP contribution in [0.2, 0.25) is 0 Å². The van der Waals surface area contributed by atoms with Crippen LogP contribution in [-0.2, 0) is 20.9 Å². The maximum atomic E-state index is 13.0. The summed E-state index contributed by atoms with van der Waals surface area (Å²) in [6.45, 7) is 1.83. The number of benzene rings is 1. The van der Waals surface area contributed by atoms with Gasteiger partial charge in [-0.15, -0.1) is 0 Å². The first-order valence-electron chi connectivity index (χ1n) is 9.92. The van der Waals surface area contributed by atoms with Crippen LogP contribution >= 0.6 is 0 Å². The van der Waals surface area contributed by atoms with E-state index >= 15 is 0 Å². The summed E-state index contributed by atoms with van der Waals surface area (Å²) in [4.78, 5) is 39.6. The fraction of sp³-hybridized carbons (Fsp3) is 0.476. The van der Waals surface area contributed by atoms with Gasteiger partial charge in [-0.2, -0.15) is 0 Å². The van der Waals surface area contributed by atoms with Crippen LogP contribution in [0.5, 0.6) is 0 Å². The molecule has 0 bridgehead atoms. The number of aliphatic hydroxyl groups excluding tert-OH is 1. The van der Waals surface area contributed by atoms with Gasteiger partial charge in [0.25, 0.3) is 11.8 Å². The topological polar surface area (TPSA) is 110 Å². The molecule has 2 aliphatic rings. The average molecular weight is 401 g/mol. The van der Waals surface area contributed by atoms with Gasteiger partial charge in [-0.1, -0.05) is 43.5 Å². The van der Waals surface area contributed by atoms with Crippen molar-refractivity contribution < 1.29 is 24.6 Å². The summed E-state index contributed by atoms with van der Waals surface area (Å²) < 4.78 is 0. The van der Waals surface area contributed by atoms with Crippen LogP contribution < -0.4 is 5.32 Å². The van der Waals surface area contributed by atoms with E-state index in [-0.39, 0.29) is 18.6 Å². The Bertz CT molecular complexity index is 829. The van der Waals surface area contributed by atoms with E-state index < -0.39 is 29.9 Å². The number of carboxylic acid groups (broad SMARTS) is 1. The second kappa shape index (κ2) is 8.98. The monoisotopic (exact) mass is 401 g/mol. The lowest BCUT2D eigenvalue weighted by molar-refractivity contribution is -0.140. The normalized spacial score (nSPS) is 18.2. The van der Waals surface area contributed by atoms with Gasteiger partial charge in [-0.05, 0) is 30.9 Å². The maximum Gasteiger partial charge on any atom is 0.322 e. The number of hydrogen-bond donors (Lipinski definition) is 3. The molecule has 156 valence electrons. The molecule has 0 saturated heterocycles. The zero-order chi connectivity index (χ0) is 21.0. The lowest BCUT2D eigenvalue weighted by Gasteiger charge is -2.42. The third kappa shape index (κ3) is 4.70. The van der Waals surface area contributed by atoms with E-state index in [9.17, 15) is 19.5 Å². The van der Waals surface area contributed by atoms with Gasteiger partial charge in [0.15, 0.2) is 5.57 Å². The van der Waals surface area contributed by atoms with Crippen LogP contribution in [0.25, 0.3) is 0 Å². The number of rotatable bonds is 6. The molecule has 1 aliphatic carbocycles. The summed E-state index contributed by atoms with van der Waals surface area (Å²) in [7, 11) is 0. The number of nitrogens with zero attached hydrogens (tertiary/aromatic N) is 2. The van der Waals surface area contributed by atoms with E-state index in [1.165, 1.54) is 4.90 Å². The van der Waals surface area contributed by atoms with Gasteiger partial charge in [0.1, 0.15) is 6.54 Å². The number of carboxylic acids is 1. The third-order valence-electron chi connectivity index (χ3n) is 5.58. The molecule has 0 aromatic heterocycles. The van der Waals surface area contributed by atoms with E-state index in [1.54, 1.807) is 4.90 Å². The number of nitrogens with one attached hydrogen (secondary N) is 1. The molecule has 0 atom stereocenters. The molecule has 1 heterocycles. The first-order valence-corrected chi connectivity index (χ1v) is 9.92. The zero-order valence-electron chi connectivity index (χ0n) is 16.6. The molecular formula is C21H27N3O5. The maximum absolute atomic E-state index is 13.0. The Morgan fingerprint density at radius 3 is 2.52 bits per heavy atom. The molecule has 0 radical (unpaired) electrons. The predicted molar refractivity (Wildman–Crippen MR) is 106 cm³/mol. The summed E-state index contributed by atoms with van der Waals surface area (Å²) in [5.74, 6) is -3.04. The Kier molecular flexibility index (Phi) is 6.41. The molecule has 0 unspecified atom stereocenters. The van der Waals surface area contributed by atoms with Crippen LogP contribution in [0, 0.1) is 6.92 Å². The molecule has 0 spiro atoms. The zero-order valence-corrected chi connectivity index (χ0v) is 16.6. The molecule has 1 fully saturated rings.